The topological polar surface area (TPSA) is 86.1 Å². The van der Waals surface area contributed by atoms with Crippen molar-refractivity contribution in [3.8, 4) is 11.4 Å². The Morgan fingerprint density at radius 1 is 1.14 bits per heavy atom. The third kappa shape index (κ3) is 4.52. The van der Waals surface area contributed by atoms with E-state index >= 15 is 0 Å². The van der Waals surface area contributed by atoms with Gasteiger partial charge in [0, 0.05) is 18.3 Å². The number of hydrogen-bond donors (Lipinski definition) is 1. The fourth-order valence-corrected chi connectivity index (χ4v) is 3.39. The summed E-state index contributed by atoms with van der Waals surface area (Å²) in [5, 5.41) is 12.1. The summed E-state index contributed by atoms with van der Waals surface area (Å²) in [5.41, 5.74) is 1.88. The molecule has 144 valence electrons. The molecule has 3 rings (SSSR count). The molecule has 28 heavy (non-hydrogen) atoms. The number of rotatable bonds is 6. The molecule has 0 aliphatic carbocycles. The van der Waals surface area contributed by atoms with E-state index in [2.05, 4.69) is 20.3 Å². The zero-order valence-electron chi connectivity index (χ0n) is 15.2. The third-order valence-electron chi connectivity index (χ3n) is 3.90. The van der Waals surface area contributed by atoms with Gasteiger partial charge in [-0.3, -0.25) is 9.59 Å². The van der Waals surface area contributed by atoms with Gasteiger partial charge in [-0.25, -0.2) is 0 Å². The minimum atomic E-state index is -0.326. The molecule has 0 fully saturated rings. The van der Waals surface area contributed by atoms with Crippen molar-refractivity contribution in [3.05, 3.63) is 59.1 Å². The Morgan fingerprint density at radius 2 is 1.86 bits per heavy atom. The van der Waals surface area contributed by atoms with E-state index in [9.17, 15) is 9.59 Å². The van der Waals surface area contributed by atoms with Crippen molar-refractivity contribution in [2.45, 2.75) is 5.16 Å². The fraction of sp³-hybridized carbons (Fsp3) is 0.158. The van der Waals surface area contributed by atoms with E-state index in [0.29, 0.717) is 27.3 Å². The van der Waals surface area contributed by atoms with Crippen LogP contribution in [0.25, 0.3) is 11.4 Å². The first-order chi connectivity index (χ1) is 13.5. The van der Waals surface area contributed by atoms with Crippen LogP contribution < -0.4 is 5.32 Å². The Bertz CT molecular complexity index is 1000. The third-order valence-corrected chi connectivity index (χ3v) is 5.22. The molecule has 0 aliphatic rings. The van der Waals surface area contributed by atoms with E-state index in [1.165, 1.54) is 18.9 Å². The summed E-state index contributed by atoms with van der Waals surface area (Å²) in [6, 6.07) is 14.1. The molecule has 0 aliphatic heterocycles. The quantitative estimate of drug-likeness (QED) is 0.487. The van der Waals surface area contributed by atoms with E-state index in [0.717, 1.165) is 5.56 Å². The molecule has 0 atom stereocenters. The molecule has 2 aromatic carbocycles. The van der Waals surface area contributed by atoms with Crippen LogP contribution in [0.1, 0.15) is 10.4 Å². The van der Waals surface area contributed by atoms with Crippen molar-refractivity contribution < 1.29 is 14.3 Å². The summed E-state index contributed by atoms with van der Waals surface area (Å²) in [5.74, 6) is 0.207. The van der Waals surface area contributed by atoms with Crippen LogP contribution in [0, 0.1) is 0 Å². The largest absolute Gasteiger partial charge is 0.468 e. The van der Waals surface area contributed by atoms with Crippen molar-refractivity contribution in [2.75, 3.05) is 18.2 Å². The van der Waals surface area contributed by atoms with Gasteiger partial charge in [0.1, 0.15) is 0 Å². The Kier molecular flexibility index (Phi) is 6.33. The highest BCUT2D eigenvalue weighted by Gasteiger charge is 2.14. The Labute approximate surface area is 171 Å². The standard InChI is InChI=1S/C19H17ClN4O3S/c1-24-17(22-23-19(24)28-11-16(25)27-2)12-7-9-13(10-8-12)21-18(26)14-5-3-4-6-15(14)20/h3-10H,11H2,1-2H3,(H,21,26). The van der Waals surface area contributed by atoms with Gasteiger partial charge in [-0.05, 0) is 36.4 Å². The summed E-state index contributed by atoms with van der Waals surface area (Å²) in [6.45, 7) is 0. The van der Waals surface area contributed by atoms with Gasteiger partial charge >= 0.3 is 5.97 Å². The van der Waals surface area contributed by atoms with Gasteiger partial charge in [-0.1, -0.05) is 35.5 Å². The lowest BCUT2D eigenvalue weighted by Crippen LogP contribution is -2.12. The molecule has 0 spiro atoms. The van der Waals surface area contributed by atoms with Crippen molar-refractivity contribution in [2.24, 2.45) is 7.05 Å². The number of carbonyl (C=O) groups excluding carboxylic acids is 2. The maximum Gasteiger partial charge on any atom is 0.316 e. The average Bonchev–Trinajstić information content (AvgIpc) is 3.07. The number of esters is 1. The van der Waals surface area contributed by atoms with Gasteiger partial charge in [-0.2, -0.15) is 0 Å². The molecule has 7 nitrogen and oxygen atoms in total. The van der Waals surface area contributed by atoms with Crippen LogP contribution in [0.4, 0.5) is 5.69 Å². The SMILES string of the molecule is COC(=O)CSc1nnc(-c2ccc(NC(=O)c3ccccc3Cl)cc2)n1C. The van der Waals surface area contributed by atoms with Crippen LogP contribution in [0.5, 0.6) is 0 Å². The van der Waals surface area contributed by atoms with Crippen molar-refractivity contribution in [1.29, 1.82) is 0 Å². The number of hydrogen-bond acceptors (Lipinski definition) is 6. The number of benzene rings is 2. The molecule has 1 aromatic heterocycles. The van der Waals surface area contributed by atoms with Crippen LogP contribution in [0.2, 0.25) is 5.02 Å². The van der Waals surface area contributed by atoms with E-state index in [1.54, 1.807) is 41.0 Å². The summed E-state index contributed by atoms with van der Waals surface area (Å²) in [6.07, 6.45) is 0. The Balaban J connectivity index is 1.71. The summed E-state index contributed by atoms with van der Waals surface area (Å²) >= 11 is 7.31. The van der Waals surface area contributed by atoms with Gasteiger partial charge in [0.15, 0.2) is 11.0 Å². The molecule has 0 bridgehead atoms. The van der Waals surface area contributed by atoms with Crippen LogP contribution in [0.3, 0.4) is 0 Å². The van der Waals surface area contributed by atoms with Crippen molar-refractivity contribution >= 4 is 40.9 Å². The lowest BCUT2D eigenvalue weighted by Gasteiger charge is -2.08. The van der Waals surface area contributed by atoms with Gasteiger partial charge in [-0.15, -0.1) is 10.2 Å². The molecule has 0 saturated heterocycles. The number of aromatic nitrogens is 3. The first kappa shape index (κ1) is 19.9. The second kappa shape index (κ2) is 8.90. The number of thioether (sulfide) groups is 1. The number of carbonyl (C=O) groups is 2. The summed E-state index contributed by atoms with van der Waals surface area (Å²) in [4.78, 5) is 23.6. The Morgan fingerprint density at radius 3 is 2.54 bits per heavy atom. The Hall–Kier alpha value is -2.84. The predicted octanol–water partition coefficient (Wildman–Crippen LogP) is 3.65. The van der Waals surface area contributed by atoms with E-state index in [4.69, 9.17) is 11.6 Å². The number of halogens is 1. The molecular weight excluding hydrogens is 400 g/mol. The van der Waals surface area contributed by atoms with Crippen LogP contribution >= 0.6 is 23.4 Å². The zero-order valence-corrected chi connectivity index (χ0v) is 16.8. The van der Waals surface area contributed by atoms with Crippen molar-refractivity contribution in [3.63, 3.8) is 0 Å². The monoisotopic (exact) mass is 416 g/mol. The number of nitrogens with one attached hydrogen (secondary N) is 1. The van der Waals surface area contributed by atoms with Gasteiger partial charge in [0.05, 0.1) is 23.4 Å². The molecule has 1 amide bonds. The fourth-order valence-electron chi connectivity index (χ4n) is 2.42. The van der Waals surface area contributed by atoms with Gasteiger partial charge in [0.2, 0.25) is 0 Å². The van der Waals surface area contributed by atoms with Crippen LogP contribution in [0.15, 0.2) is 53.7 Å². The minimum absolute atomic E-state index is 0.162. The van der Waals surface area contributed by atoms with Crippen LogP contribution in [-0.2, 0) is 16.6 Å². The van der Waals surface area contributed by atoms with E-state index in [1.807, 2.05) is 19.2 Å². The lowest BCUT2D eigenvalue weighted by molar-refractivity contribution is -0.137. The molecule has 3 aromatic rings. The number of ether oxygens (including phenoxy) is 1. The molecule has 0 saturated carbocycles. The lowest BCUT2D eigenvalue weighted by atomic mass is 10.1. The normalized spacial score (nSPS) is 10.5. The van der Waals surface area contributed by atoms with Crippen molar-refractivity contribution in [1.82, 2.24) is 14.8 Å². The number of nitrogens with zero attached hydrogens (tertiary/aromatic N) is 3. The molecule has 0 unspecified atom stereocenters. The summed E-state index contributed by atoms with van der Waals surface area (Å²) in [7, 11) is 3.17. The first-order valence-electron chi connectivity index (χ1n) is 8.25. The first-order valence-corrected chi connectivity index (χ1v) is 9.61. The minimum Gasteiger partial charge on any atom is -0.468 e. The molecule has 0 radical (unpaired) electrons. The number of anilines is 1. The highest BCUT2D eigenvalue weighted by atomic mass is 35.5. The predicted molar refractivity (Wildman–Crippen MR) is 109 cm³/mol. The second-order valence-corrected chi connectivity index (χ2v) is 7.09. The number of methoxy groups -OCH3 is 1. The van der Waals surface area contributed by atoms with Gasteiger partial charge in [0.25, 0.3) is 5.91 Å². The molecule has 1 N–H and O–H groups in total. The smallest absolute Gasteiger partial charge is 0.316 e. The summed E-state index contributed by atoms with van der Waals surface area (Å²) < 4.78 is 6.42. The highest BCUT2D eigenvalue weighted by Crippen LogP contribution is 2.24. The maximum atomic E-state index is 12.3. The molecular formula is C19H17ClN4O3S. The average molecular weight is 417 g/mol. The molecule has 9 heteroatoms. The van der Waals surface area contributed by atoms with Gasteiger partial charge < -0.3 is 14.6 Å². The highest BCUT2D eigenvalue weighted by molar-refractivity contribution is 7.99. The van der Waals surface area contributed by atoms with E-state index < -0.39 is 0 Å². The van der Waals surface area contributed by atoms with Crippen LogP contribution in [-0.4, -0.2) is 39.5 Å². The zero-order chi connectivity index (χ0) is 20.1. The maximum absolute atomic E-state index is 12.3. The molecule has 1 heterocycles. The van der Waals surface area contributed by atoms with E-state index in [-0.39, 0.29) is 17.6 Å². The number of amides is 1. The second-order valence-electron chi connectivity index (χ2n) is 5.74.